The van der Waals surface area contributed by atoms with Crippen LogP contribution in [0.25, 0.3) is 0 Å². The van der Waals surface area contributed by atoms with E-state index < -0.39 is 0 Å². The molecule has 8 heteroatoms. The Morgan fingerprint density at radius 1 is 1.28 bits per heavy atom. The van der Waals surface area contributed by atoms with Crippen LogP contribution < -0.4 is 5.32 Å². The molecular formula is C21H25FN2O3S2. The number of carbonyl (C=O) groups excluding carboxylic acids is 2. The lowest BCUT2D eigenvalue weighted by Gasteiger charge is -2.26. The van der Waals surface area contributed by atoms with Crippen molar-refractivity contribution < 1.29 is 18.7 Å². The summed E-state index contributed by atoms with van der Waals surface area (Å²) >= 11 is 2.79. The van der Waals surface area contributed by atoms with Crippen molar-refractivity contribution in [2.24, 2.45) is 0 Å². The summed E-state index contributed by atoms with van der Waals surface area (Å²) in [5.74, 6) is -0.707. The number of esters is 1. The fourth-order valence-electron chi connectivity index (χ4n) is 3.31. The van der Waals surface area contributed by atoms with Gasteiger partial charge in [-0.05, 0) is 56.1 Å². The topological polar surface area (TPSA) is 58.6 Å². The molecule has 156 valence electrons. The molecule has 0 saturated carbocycles. The van der Waals surface area contributed by atoms with Crippen molar-refractivity contribution >= 4 is 40.0 Å². The van der Waals surface area contributed by atoms with E-state index in [4.69, 9.17) is 4.74 Å². The molecule has 0 unspecified atom stereocenters. The lowest BCUT2D eigenvalue weighted by atomic mass is 10.0. The average molecular weight is 437 g/mol. The Kier molecular flexibility index (Phi) is 7.69. The van der Waals surface area contributed by atoms with E-state index in [-0.39, 0.29) is 23.4 Å². The number of thioether (sulfide) groups is 1. The fraction of sp³-hybridized carbons (Fsp3) is 0.429. The van der Waals surface area contributed by atoms with Gasteiger partial charge in [0.15, 0.2) is 0 Å². The molecule has 0 radical (unpaired) electrons. The number of halogens is 1. The van der Waals surface area contributed by atoms with Gasteiger partial charge in [-0.1, -0.05) is 6.92 Å². The van der Waals surface area contributed by atoms with Crippen LogP contribution >= 0.6 is 23.1 Å². The van der Waals surface area contributed by atoms with Gasteiger partial charge in [0, 0.05) is 22.9 Å². The highest BCUT2D eigenvalue weighted by molar-refractivity contribution is 8.00. The molecule has 0 saturated heterocycles. The molecule has 0 bridgehead atoms. The second kappa shape index (κ2) is 10.2. The Morgan fingerprint density at radius 3 is 2.72 bits per heavy atom. The monoisotopic (exact) mass is 436 g/mol. The van der Waals surface area contributed by atoms with Gasteiger partial charge < -0.3 is 10.1 Å². The predicted octanol–water partition coefficient (Wildman–Crippen LogP) is 4.56. The van der Waals surface area contributed by atoms with E-state index in [1.165, 1.54) is 35.2 Å². The van der Waals surface area contributed by atoms with Gasteiger partial charge in [-0.25, -0.2) is 9.18 Å². The van der Waals surface area contributed by atoms with Crippen molar-refractivity contribution in [3.63, 3.8) is 0 Å². The van der Waals surface area contributed by atoms with Gasteiger partial charge in [0.1, 0.15) is 10.8 Å². The van der Waals surface area contributed by atoms with E-state index in [0.717, 1.165) is 47.8 Å². The zero-order valence-corrected chi connectivity index (χ0v) is 18.3. The maximum Gasteiger partial charge on any atom is 0.341 e. The number of amides is 1. The first-order valence-corrected chi connectivity index (χ1v) is 11.5. The number of hydrogen-bond acceptors (Lipinski definition) is 6. The van der Waals surface area contributed by atoms with Gasteiger partial charge in [0.05, 0.1) is 17.9 Å². The van der Waals surface area contributed by atoms with Crippen molar-refractivity contribution in [1.29, 1.82) is 0 Å². The highest BCUT2D eigenvalue weighted by Gasteiger charge is 2.29. The number of anilines is 1. The molecule has 1 amide bonds. The molecule has 1 N–H and O–H groups in total. The summed E-state index contributed by atoms with van der Waals surface area (Å²) in [6.45, 7) is 6.93. The zero-order chi connectivity index (χ0) is 20.8. The third kappa shape index (κ3) is 5.58. The summed E-state index contributed by atoms with van der Waals surface area (Å²) in [4.78, 5) is 29.4. The van der Waals surface area contributed by atoms with Crippen molar-refractivity contribution in [2.45, 2.75) is 38.1 Å². The molecule has 2 aromatic rings. The first-order chi connectivity index (χ1) is 14.0. The number of benzene rings is 1. The molecule has 1 aliphatic rings. The molecule has 0 aliphatic carbocycles. The van der Waals surface area contributed by atoms with Gasteiger partial charge in [-0.15, -0.1) is 23.1 Å². The summed E-state index contributed by atoms with van der Waals surface area (Å²) in [5.41, 5.74) is 1.51. The number of nitrogens with one attached hydrogen (secondary N) is 1. The standard InChI is InChI=1S/C21H25FN2O3S2/c1-3-10-24-11-9-16-17(12-24)29-20(19(16)21(26)27-4-2)23-18(25)13-28-15-7-5-14(22)6-8-15/h5-8H,3-4,9-13H2,1-2H3,(H,23,25). The largest absolute Gasteiger partial charge is 0.462 e. The van der Waals surface area contributed by atoms with Crippen molar-refractivity contribution in [3.8, 4) is 0 Å². The van der Waals surface area contributed by atoms with E-state index in [2.05, 4.69) is 17.1 Å². The third-order valence-corrected chi connectivity index (χ3v) is 6.74. The fourth-order valence-corrected chi connectivity index (χ4v) is 5.31. The number of rotatable bonds is 8. The Hall–Kier alpha value is -1.90. The Bertz CT molecular complexity index is 868. The van der Waals surface area contributed by atoms with Crippen LogP contribution in [0.1, 0.15) is 41.1 Å². The van der Waals surface area contributed by atoms with Crippen LogP contribution in [0, 0.1) is 5.82 Å². The summed E-state index contributed by atoms with van der Waals surface area (Å²) in [6.07, 6.45) is 1.86. The van der Waals surface area contributed by atoms with Crippen molar-refractivity contribution in [3.05, 3.63) is 46.1 Å². The smallest absolute Gasteiger partial charge is 0.341 e. The summed E-state index contributed by atoms with van der Waals surface area (Å²) < 4.78 is 18.3. The van der Waals surface area contributed by atoms with Gasteiger partial charge >= 0.3 is 5.97 Å². The minimum atomic E-state index is -0.379. The van der Waals surface area contributed by atoms with Crippen molar-refractivity contribution in [2.75, 3.05) is 30.8 Å². The highest BCUT2D eigenvalue weighted by atomic mass is 32.2. The molecule has 1 aliphatic heterocycles. The summed E-state index contributed by atoms with van der Waals surface area (Å²) in [6, 6.07) is 6.02. The van der Waals surface area contributed by atoms with Crippen LogP contribution in [0.2, 0.25) is 0 Å². The summed E-state index contributed by atoms with van der Waals surface area (Å²) in [7, 11) is 0. The van der Waals surface area contributed by atoms with Crippen LogP contribution in [0.5, 0.6) is 0 Å². The Labute approximate surface area is 178 Å². The third-order valence-electron chi connectivity index (χ3n) is 4.59. The molecule has 3 rings (SSSR count). The zero-order valence-electron chi connectivity index (χ0n) is 16.6. The van der Waals surface area contributed by atoms with Crippen LogP contribution in [0.15, 0.2) is 29.2 Å². The highest BCUT2D eigenvalue weighted by Crippen LogP contribution is 2.38. The Balaban J connectivity index is 1.74. The number of ether oxygens (including phenoxy) is 1. The van der Waals surface area contributed by atoms with Gasteiger partial charge in [-0.2, -0.15) is 0 Å². The lowest BCUT2D eigenvalue weighted by Crippen LogP contribution is -2.30. The van der Waals surface area contributed by atoms with Crippen LogP contribution in [-0.2, 0) is 22.5 Å². The van der Waals surface area contributed by atoms with Crippen LogP contribution in [0.4, 0.5) is 9.39 Å². The van der Waals surface area contributed by atoms with E-state index in [1.54, 1.807) is 19.1 Å². The molecule has 2 heterocycles. The number of carbonyl (C=O) groups is 2. The predicted molar refractivity (Wildman–Crippen MR) is 115 cm³/mol. The quantitative estimate of drug-likeness (QED) is 0.486. The van der Waals surface area contributed by atoms with Crippen LogP contribution in [-0.4, -0.2) is 42.2 Å². The minimum Gasteiger partial charge on any atom is -0.462 e. The maximum absolute atomic E-state index is 13.0. The Morgan fingerprint density at radius 2 is 2.03 bits per heavy atom. The second-order valence-electron chi connectivity index (χ2n) is 6.75. The molecule has 1 aromatic carbocycles. The molecule has 5 nitrogen and oxygen atoms in total. The first kappa shape index (κ1) is 21.8. The molecule has 1 aromatic heterocycles. The van der Waals surface area contributed by atoms with Gasteiger partial charge in [-0.3, -0.25) is 9.69 Å². The SMILES string of the molecule is CCCN1CCc2c(sc(NC(=O)CSc3ccc(F)cc3)c2C(=O)OCC)C1. The second-order valence-corrected chi connectivity index (χ2v) is 8.90. The van der Waals surface area contributed by atoms with Crippen LogP contribution in [0.3, 0.4) is 0 Å². The number of thiophene rings is 1. The molecular weight excluding hydrogens is 411 g/mol. The normalized spacial score (nSPS) is 13.8. The van der Waals surface area contributed by atoms with E-state index >= 15 is 0 Å². The van der Waals surface area contributed by atoms with Crippen molar-refractivity contribution in [1.82, 2.24) is 4.90 Å². The van der Waals surface area contributed by atoms with E-state index in [9.17, 15) is 14.0 Å². The average Bonchev–Trinajstić information content (AvgIpc) is 3.05. The minimum absolute atomic E-state index is 0.179. The molecule has 29 heavy (non-hydrogen) atoms. The molecule has 0 spiro atoms. The summed E-state index contributed by atoms with van der Waals surface area (Å²) in [5, 5.41) is 3.47. The number of fused-ring (bicyclic) bond motifs is 1. The molecule has 0 fully saturated rings. The maximum atomic E-state index is 13.0. The lowest BCUT2D eigenvalue weighted by molar-refractivity contribution is -0.113. The first-order valence-electron chi connectivity index (χ1n) is 9.74. The van der Waals surface area contributed by atoms with Gasteiger partial charge in [0.2, 0.25) is 5.91 Å². The van der Waals surface area contributed by atoms with E-state index in [1.807, 2.05) is 0 Å². The number of hydrogen-bond donors (Lipinski definition) is 1. The number of nitrogens with zero attached hydrogens (tertiary/aromatic N) is 1. The van der Waals surface area contributed by atoms with Gasteiger partial charge in [0.25, 0.3) is 0 Å². The molecule has 0 atom stereocenters. The van der Waals surface area contributed by atoms with E-state index in [0.29, 0.717) is 17.2 Å².